The second kappa shape index (κ2) is 9.76. The average molecular weight is 437 g/mol. The topological polar surface area (TPSA) is 35.0 Å². The highest BCUT2D eigenvalue weighted by atomic mass is 19.1. The summed E-state index contributed by atoms with van der Waals surface area (Å²) in [5.74, 6) is 1.30. The third-order valence-electron chi connectivity index (χ3n) is 6.67. The number of nitrogens with zero attached hydrogens (tertiary/aromatic N) is 2. The molecule has 1 fully saturated rings. The molecule has 3 unspecified atom stereocenters. The van der Waals surface area contributed by atoms with Gasteiger partial charge in [-0.1, -0.05) is 26.8 Å². The predicted molar refractivity (Wildman–Crippen MR) is 123 cm³/mol. The maximum Gasteiger partial charge on any atom is 0.213 e. The summed E-state index contributed by atoms with van der Waals surface area (Å²) in [5.41, 5.74) is 2.56. The van der Waals surface area contributed by atoms with Crippen LogP contribution in [0.3, 0.4) is 0 Å². The maximum absolute atomic E-state index is 14.2. The maximum atomic E-state index is 14.2. The van der Waals surface area contributed by atoms with Gasteiger partial charge in [0.2, 0.25) is 5.88 Å². The van der Waals surface area contributed by atoms with Gasteiger partial charge in [-0.05, 0) is 84.4 Å². The minimum absolute atomic E-state index is 0.0624. The van der Waals surface area contributed by atoms with Gasteiger partial charge in [-0.3, -0.25) is 4.98 Å². The molecule has 3 nitrogen and oxygen atoms in total. The van der Waals surface area contributed by atoms with Crippen molar-refractivity contribution in [2.45, 2.75) is 51.9 Å². The minimum atomic E-state index is -0.589. The second-order valence-electron chi connectivity index (χ2n) is 9.20. The molecule has 1 aromatic carbocycles. The van der Waals surface area contributed by atoms with Crippen LogP contribution in [0.5, 0.6) is 5.88 Å². The molecule has 3 aromatic rings. The summed E-state index contributed by atoms with van der Waals surface area (Å²) in [5, 5.41) is 0. The monoisotopic (exact) mass is 436 g/mol. The highest BCUT2D eigenvalue weighted by Gasteiger charge is 2.33. The summed E-state index contributed by atoms with van der Waals surface area (Å²) in [6, 6.07) is 11.7. The number of pyridine rings is 2. The summed E-state index contributed by atoms with van der Waals surface area (Å²) in [7, 11) is 0. The van der Waals surface area contributed by atoms with E-state index in [1.807, 2.05) is 30.5 Å². The minimum Gasteiger partial charge on any atom is -0.477 e. The van der Waals surface area contributed by atoms with Gasteiger partial charge in [-0.25, -0.2) is 13.8 Å². The zero-order valence-corrected chi connectivity index (χ0v) is 18.9. The number of hydrogen-bond acceptors (Lipinski definition) is 3. The molecule has 1 aliphatic carbocycles. The van der Waals surface area contributed by atoms with E-state index in [2.05, 4.69) is 30.7 Å². The Morgan fingerprint density at radius 2 is 1.59 bits per heavy atom. The Kier molecular flexibility index (Phi) is 6.83. The van der Waals surface area contributed by atoms with Crippen LogP contribution in [-0.4, -0.2) is 16.6 Å². The van der Waals surface area contributed by atoms with Crippen molar-refractivity contribution >= 4 is 0 Å². The van der Waals surface area contributed by atoms with Gasteiger partial charge in [0.1, 0.15) is 11.6 Å². The molecule has 168 valence electrons. The second-order valence-corrected chi connectivity index (χ2v) is 9.20. The molecule has 4 rings (SSSR count). The van der Waals surface area contributed by atoms with Gasteiger partial charge in [0, 0.05) is 18.5 Å². The van der Waals surface area contributed by atoms with Crippen LogP contribution in [0.1, 0.15) is 63.0 Å². The molecule has 0 amide bonds. The molecule has 0 aliphatic heterocycles. The van der Waals surface area contributed by atoms with Crippen LogP contribution in [0.2, 0.25) is 0 Å². The molecule has 0 spiro atoms. The largest absolute Gasteiger partial charge is 0.477 e. The van der Waals surface area contributed by atoms with Crippen LogP contribution >= 0.6 is 0 Å². The Hall–Kier alpha value is -2.82. The first-order chi connectivity index (χ1) is 15.4. The number of hydrogen-bond donors (Lipinski definition) is 0. The van der Waals surface area contributed by atoms with Crippen LogP contribution in [0.4, 0.5) is 8.78 Å². The Morgan fingerprint density at radius 1 is 0.906 bits per heavy atom. The predicted octanol–water partition coefficient (Wildman–Crippen LogP) is 7.14. The number of rotatable bonds is 8. The van der Waals surface area contributed by atoms with Crippen molar-refractivity contribution in [1.29, 1.82) is 0 Å². The zero-order valence-electron chi connectivity index (χ0n) is 18.9. The number of ether oxygens (including phenoxy) is 1. The summed E-state index contributed by atoms with van der Waals surface area (Å²) in [6.45, 7) is 7.16. The van der Waals surface area contributed by atoms with Gasteiger partial charge in [0.05, 0.1) is 17.9 Å². The van der Waals surface area contributed by atoms with Gasteiger partial charge in [0.15, 0.2) is 0 Å². The summed E-state index contributed by atoms with van der Waals surface area (Å²) in [6.07, 6.45) is 6.80. The van der Waals surface area contributed by atoms with E-state index in [9.17, 15) is 8.78 Å². The molecule has 3 atom stereocenters. The van der Waals surface area contributed by atoms with Crippen molar-refractivity contribution in [2.24, 2.45) is 11.8 Å². The smallest absolute Gasteiger partial charge is 0.213 e. The van der Waals surface area contributed by atoms with Crippen LogP contribution in [-0.2, 0) is 0 Å². The van der Waals surface area contributed by atoms with Crippen molar-refractivity contribution in [1.82, 2.24) is 9.97 Å². The molecule has 1 aliphatic rings. The lowest BCUT2D eigenvalue weighted by atomic mass is 9.69. The van der Waals surface area contributed by atoms with Crippen LogP contribution in [0.25, 0.3) is 11.3 Å². The first kappa shape index (κ1) is 22.4. The van der Waals surface area contributed by atoms with Gasteiger partial charge in [0.25, 0.3) is 0 Å². The molecule has 0 saturated heterocycles. The van der Waals surface area contributed by atoms with Crippen LogP contribution in [0.15, 0.2) is 54.9 Å². The van der Waals surface area contributed by atoms with E-state index in [4.69, 9.17) is 4.74 Å². The fourth-order valence-corrected chi connectivity index (χ4v) is 4.45. The quantitative estimate of drug-likeness (QED) is 0.376. The average Bonchev–Trinajstić information content (AvgIpc) is 2.77. The Morgan fingerprint density at radius 3 is 2.28 bits per heavy atom. The molecule has 0 radical (unpaired) electrons. The lowest BCUT2D eigenvalue weighted by molar-refractivity contribution is 0.0901. The number of halogens is 2. The highest BCUT2D eigenvalue weighted by Crippen LogP contribution is 2.41. The van der Waals surface area contributed by atoms with Crippen LogP contribution in [0, 0.1) is 23.5 Å². The first-order valence-corrected chi connectivity index (χ1v) is 11.4. The van der Waals surface area contributed by atoms with E-state index >= 15 is 0 Å². The van der Waals surface area contributed by atoms with E-state index in [0.717, 1.165) is 18.4 Å². The molecule has 0 N–H and O–H groups in total. The van der Waals surface area contributed by atoms with Crippen LogP contribution < -0.4 is 4.74 Å². The molecule has 2 aromatic heterocycles. The van der Waals surface area contributed by atoms with Crippen molar-refractivity contribution in [3.63, 3.8) is 0 Å². The van der Waals surface area contributed by atoms with E-state index in [1.165, 1.54) is 30.2 Å². The van der Waals surface area contributed by atoms with Gasteiger partial charge >= 0.3 is 0 Å². The Bertz CT molecular complexity index is 1050. The summed E-state index contributed by atoms with van der Waals surface area (Å²) >= 11 is 0. The third-order valence-corrected chi connectivity index (χ3v) is 6.67. The summed E-state index contributed by atoms with van der Waals surface area (Å²) in [4.78, 5) is 8.57. The summed E-state index contributed by atoms with van der Waals surface area (Å²) < 4.78 is 34.4. The molecule has 2 heterocycles. The first-order valence-electron chi connectivity index (χ1n) is 11.4. The third kappa shape index (κ3) is 4.98. The lowest BCUT2D eigenvalue weighted by Gasteiger charge is -2.38. The fourth-order valence-electron chi connectivity index (χ4n) is 4.45. The van der Waals surface area contributed by atoms with Gasteiger partial charge in [-0.15, -0.1) is 0 Å². The van der Waals surface area contributed by atoms with Gasteiger partial charge in [-0.2, -0.15) is 0 Å². The van der Waals surface area contributed by atoms with E-state index in [-0.39, 0.29) is 11.5 Å². The molecular formula is C27H30F2N2O. The van der Waals surface area contributed by atoms with E-state index < -0.39 is 11.6 Å². The standard InChI is InChI=1S/C27H30F2N2O/c1-17(2)19-9-12-31-26(15-19)32-16-22-8-7-21(22)13-18(3)20-10-11-30-25(14-20)27-23(28)5-4-6-24(27)29/h4-6,9-12,14-15,17-18,21-22H,7-8,13,16H2,1-3H3. The molecule has 5 heteroatoms. The van der Waals surface area contributed by atoms with Crippen molar-refractivity contribution < 1.29 is 13.5 Å². The lowest BCUT2D eigenvalue weighted by Crippen LogP contribution is -2.32. The van der Waals surface area contributed by atoms with E-state index in [1.54, 1.807) is 6.20 Å². The van der Waals surface area contributed by atoms with E-state index in [0.29, 0.717) is 35.9 Å². The van der Waals surface area contributed by atoms with Gasteiger partial charge < -0.3 is 4.74 Å². The molecular weight excluding hydrogens is 406 g/mol. The molecule has 1 saturated carbocycles. The van der Waals surface area contributed by atoms with Crippen molar-refractivity contribution in [2.75, 3.05) is 6.61 Å². The normalized spacial score (nSPS) is 18.9. The number of benzene rings is 1. The molecule has 32 heavy (non-hydrogen) atoms. The van der Waals surface area contributed by atoms with Crippen molar-refractivity contribution in [3.05, 3.63) is 77.6 Å². The highest BCUT2D eigenvalue weighted by molar-refractivity contribution is 5.61. The Labute approximate surface area is 188 Å². The number of aromatic nitrogens is 2. The molecule has 0 bridgehead atoms. The van der Waals surface area contributed by atoms with Crippen molar-refractivity contribution in [3.8, 4) is 17.1 Å². The SMILES string of the molecule is CC(C)c1ccnc(OCC2CCC2CC(C)c2ccnc(-c3c(F)cccc3F)c2)c1. The Balaban J connectivity index is 1.38. The zero-order chi connectivity index (χ0) is 22.7. The fraction of sp³-hybridized carbons (Fsp3) is 0.407.